The first-order valence-electron chi connectivity index (χ1n) is 5.25. The molecule has 0 aliphatic heterocycles. The molecule has 0 aliphatic rings. The van der Waals surface area contributed by atoms with Gasteiger partial charge in [-0.2, -0.15) is 0 Å². The van der Waals surface area contributed by atoms with Crippen LogP contribution in [0.2, 0.25) is 0 Å². The second kappa shape index (κ2) is 6.67. The Hall–Kier alpha value is -1.77. The van der Waals surface area contributed by atoms with Gasteiger partial charge in [-0.05, 0) is 30.2 Å². The molecule has 0 saturated heterocycles. The first kappa shape index (κ1) is 12.3. The Kier molecular flexibility index (Phi) is 5.12. The summed E-state index contributed by atoms with van der Waals surface area (Å²) in [4.78, 5) is 11.2. The van der Waals surface area contributed by atoms with Crippen LogP contribution in [0.5, 0.6) is 5.75 Å². The molecule has 1 aromatic rings. The van der Waals surface area contributed by atoms with Gasteiger partial charge in [-0.1, -0.05) is 19.1 Å². The summed E-state index contributed by atoms with van der Waals surface area (Å²) in [5.74, 6) is 0.489. The van der Waals surface area contributed by atoms with Gasteiger partial charge in [0.15, 0.2) is 0 Å². The molecule has 0 saturated carbocycles. The van der Waals surface area contributed by atoms with Crippen LogP contribution in [0, 0.1) is 0 Å². The molecular weight excluding hydrogens is 204 g/mol. The molecule has 0 unspecified atom stereocenters. The van der Waals surface area contributed by atoms with E-state index in [1.165, 1.54) is 6.08 Å². The van der Waals surface area contributed by atoms with Crippen molar-refractivity contribution in [1.82, 2.24) is 0 Å². The fourth-order valence-corrected chi connectivity index (χ4v) is 1.13. The van der Waals surface area contributed by atoms with Crippen molar-refractivity contribution in [2.45, 2.75) is 13.3 Å². The van der Waals surface area contributed by atoms with E-state index >= 15 is 0 Å². The Morgan fingerprint density at radius 1 is 1.31 bits per heavy atom. The lowest BCUT2D eigenvalue weighted by Crippen LogP contribution is -2.00. The topological polar surface area (TPSA) is 35.5 Å². The normalized spacial score (nSPS) is 10.4. The van der Waals surface area contributed by atoms with Crippen molar-refractivity contribution in [3.8, 4) is 5.75 Å². The van der Waals surface area contributed by atoms with E-state index in [9.17, 15) is 4.79 Å². The number of hydrogen-bond donors (Lipinski definition) is 0. The lowest BCUT2D eigenvalue weighted by Gasteiger charge is -1.99. The first-order valence-corrected chi connectivity index (χ1v) is 5.25. The number of hydrogen-bond acceptors (Lipinski definition) is 3. The van der Waals surface area contributed by atoms with Crippen molar-refractivity contribution in [3.05, 3.63) is 35.9 Å². The zero-order valence-electron chi connectivity index (χ0n) is 9.60. The largest absolute Gasteiger partial charge is 0.497 e. The Balaban J connectivity index is 2.52. The molecule has 0 aromatic heterocycles. The van der Waals surface area contributed by atoms with Gasteiger partial charge in [0.1, 0.15) is 5.75 Å². The van der Waals surface area contributed by atoms with Crippen LogP contribution in [-0.4, -0.2) is 19.7 Å². The van der Waals surface area contributed by atoms with E-state index in [1.807, 2.05) is 31.2 Å². The summed E-state index contributed by atoms with van der Waals surface area (Å²) in [6.07, 6.45) is 3.98. The van der Waals surface area contributed by atoms with Gasteiger partial charge in [0, 0.05) is 6.08 Å². The van der Waals surface area contributed by atoms with Crippen LogP contribution in [-0.2, 0) is 9.53 Å². The molecule has 1 rings (SSSR count). The molecule has 0 heterocycles. The summed E-state index contributed by atoms with van der Waals surface area (Å²) >= 11 is 0. The number of carbonyl (C=O) groups is 1. The van der Waals surface area contributed by atoms with Gasteiger partial charge < -0.3 is 9.47 Å². The van der Waals surface area contributed by atoms with Crippen molar-refractivity contribution in [2.75, 3.05) is 13.7 Å². The summed E-state index contributed by atoms with van der Waals surface area (Å²) < 4.78 is 9.94. The van der Waals surface area contributed by atoms with Crippen LogP contribution in [0.3, 0.4) is 0 Å². The second-order valence-corrected chi connectivity index (χ2v) is 3.27. The zero-order chi connectivity index (χ0) is 11.8. The van der Waals surface area contributed by atoms with Crippen molar-refractivity contribution in [3.63, 3.8) is 0 Å². The molecule has 0 aliphatic carbocycles. The predicted molar refractivity (Wildman–Crippen MR) is 63.3 cm³/mol. The SMILES string of the molecule is CCCOC(=O)C=Cc1ccc(OC)cc1. The van der Waals surface area contributed by atoms with E-state index in [2.05, 4.69) is 0 Å². The Morgan fingerprint density at radius 3 is 2.56 bits per heavy atom. The number of rotatable bonds is 5. The van der Waals surface area contributed by atoms with Gasteiger partial charge in [0.2, 0.25) is 0 Å². The van der Waals surface area contributed by atoms with E-state index in [0.717, 1.165) is 17.7 Å². The Labute approximate surface area is 95.7 Å². The van der Waals surface area contributed by atoms with E-state index in [1.54, 1.807) is 13.2 Å². The highest BCUT2D eigenvalue weighted by Crippen LogP contribution is 2.12. The van der Waals surface area contributed by atoms with Crippen LogP contribution >= 0.6 is 0 Å². The predicted octanol–water partition coefficient (Wildman–Crippen LogP) is 2.66. The molecule has 16 heavy (non-hydrogen) atoms. The van der Waals surface area contributed by atoms with Crippen LogP contribution in [0.15, 0.2) is 30.3 Å². The summed E-state index contributed by atoms with van der Waals surface area (Å²) in [7, 11) is 1.62. The molecule has 0 N–H and O–H groups in total. The number of esters is 1. The van der Waals surface area contributed by atoms with Crippen molar-refractivity contribution in [2.24, 2.45) is 0 Å². The van der Waals surface area contributed by atoms with E-state index in [-0.39, 0.29) is 5.97 Å². The van der Waals surface area contributed by atoms with E-state index in [0.29, 0.717) is 6.61 Å². The van der Waals surface area contributed by atoms with Crippen molar-refractivity contribution < 1.29 is 14.3 Å². The van der Waals surface area contributed by atoms with E-state index in [4.69, 9.17) is 9.47 Å². The molecule has 0 spiro atoms. The highest BCUT2D eigenvalue weighted by atomic mass is 16.5. The van der Waals surface area contributed by atoms with Crippen LogP contribution in [0.25, 0.3) is 6.08 Å². The Bertz CT molecular complexity index is 352. The van der Waals surface area contributed by atoms with Gasteiger partial charge in [-0.3, -0.25) is 0 Å². The fourth-order valence-electron chi connectivity index (χ4n) is 1.13. The second-order valence-electron chi connectivity index (χ2n) is 3.27. The van der Waals surface area contributed by atoms with Gasteiger partial charge >= 0.3 is 5.97 Å². The monoisotopic (exact) mass is 220 g/mol. The molecule has 0 amide bonds. The molecule has 0 bridgehead atoms. The van der Waals surface area contributed by atoms with Crippen LogP contribution in [0.1, 0.15) is 18.9 Å². The van der Waals surface area contributed by atoms with Gasteiger partial charge in [0.05, 0.1) is 13.7 Å². The molecular formula is C13H16O3. The average molecular weight is 220 g/mol. The summed E-state index contributed by atoms with van der Waals surface area (Å²) in [6, 6.07) is 7.44. The Morgan fingerprint density at radius 2 is 2.00 bits per heavy atom. The molecule has 3 nitrogen and oxygen atoms in total. The number of ether oxygens (including phenoxy) is 2. The minimum atomic E-state index is -0.308. The molecule has 0 radical (unpaired) electrons. The van der Waals surface area contributed by atoms with Crippen LogP contribution < -0.4 is 4.74 Å². The summed E-state index contributed by atoms with van der Waals surface area (Å²) in [5.41, 5.74) is 0.939. The molecule has 0 atom stereocenters. The maximum Gasteiger partial charge on any atom is 0.330 e. The molecule has 0 fully saturated rings. The fraction of sp³-hybridized carbons (Fsp3) is 0.308. The third kappa shape index (κ3) is 4.17. The number of carbonyl (C=O) groups excluding carboxylic acids is 1. The van der Waals surface area contributed by atoms with Gasteiger partial charge in [-0.15, -0.1) is 0 Å². The third-order valence-corrected chi connectivity index (χ3v) is 1.98. The minimum Gasteiger partial charge on any atom is -0.497 e. The zero-order valence-corrected chi connectivity index (χ0v) is 9.60. The smallest absolute Gasteiger partial charge is 0.330 e. The maximum atomic E-state index is 11.2. The standard InChI is InChI=1S/C13H16O3/c1-3-10-16-13(14)9-6-11-4-7-12(15-2)8-5-11/h4-9H,3,10H2,1-2H3. The highest BCUT2D eigenvalue weighted by Gasteiger charge is 1.95. The maximum absolute atomic E-state index is 11.2. The van der Waals surface area contributed by atoms with Crippen molar-refractivity contribution >= 4 is 12.0 Å². The van der Waals surface area contributed by atoms with E-state index < -0.39 is 0 Å². The third-order valence-electron chi connectivity index (χ3n) is 1.98. The number of methoxy groups -OCH3 is 1. The van der Waals surface area contributed by atoms with Gasteiger partial charge in [-0.25, -0.2) is 4.79 Å². The quantitative estimate of drug-likeness (QED) is 0.565. The van der Waals surface area contributed by atoms with Crippen LogP contribution in [0.4, 0.5) is 0 Å². The average Bonchev–Trinajstić information content (AvgIpc) is 2.34. The number of benzene rings is 1. The molecule has 86 valence electrons. The lowest BCUT2D eigenvalue weighted by molar-refractivity contribution is -0.137. The van der Waals surface area contributed by atoms with Crippen molar-refractivity contribution in [1.29, 1.82) is 0 Å². The molecule has 1 aromatic carbocycles. The minimum absolute atomic E-state index is 0.308. The highest BCUT2D eigenvalue weighted by molar-refractivity contribution is 5.87. The first-order chi connectivity index (χ1) is 7.76. The molecule has 3 heteroatoms. The summed E-state index contributed by atoms with van der Waals surface area (Å²) in [5, 5.41) is 0. The lowest BCUT2D eigenvalue weighted by atomic mass is 10.2. The van der Waals surface area contributed by atoms with Gasteiger partial charge in [0.25, 0.3) is 0 Å². The summed E-state index contributed by atoms with van der Waals surface area (Å²) in [6.45, 7) is 2.42.